The summed E-state index contributed by atoms with van der Waals surface area (Å²) in [5.41, 5.74) is 1.91. The number of nitrogens with one attached hydrogen (secondary N) is 1. The summed E-state index contributed by atoms with van der Waals surface area (Å²) in [6.07, 6.45) is 6.58. The summed E-state index contributed by atoms with van der Waals surface area (Å²) >= 11 is 0. The van der Waals surface area contributed by atoms with E-state index in [-0.39, 0.29) is 18.1 Å². The molecule has 0 aromatic carbocycles. The van der Waals surface area contributed by atoms with Gasteiger partial charge in [-0.25, -0.2) is 14.6 Å². The lowest BCUT2D eigenvalue weighted by atomic mass is 10.2. The van der Waals surface area contributed by atoms with Gasteiger partial charge in [-0.05, 0) is 38.0 Å². The van der Waals surface area contributed by atoms with E-state index >= 15 is 0 Å². The van der Waals surface area contributed by atoms with Gasteiger partial charge in [0.25, 0.3) is 5.56 Å². The second kappa shape index (κ2) is 8.69. The Balaban J connectivity index is 0.000000706. The summed E-state index contributed by atoms with van der Waals surface area (Å²) in [4.78, 5) is 37.2. The Morgan fingerprint density at radius 2 is 1.89 bits per heavy atom. The van der Waals surface area contributed by atoms with Crippen LogP contribution in [0, 0.1) is 6.92 Å². The van der Waals surface area contributed by atoms with Gasteiger partial charge in [-0.3, -0.25) is 19.9 Å². The topological polar surface area (TPSA) is 103 Å². The fraction of sp³-hybridized carbons (Fsp3) is 0.400. The van der Waals surface area contributed by atoms with Gasteiger partial charge in [-0.1, -0.05) is 20.3 Å². The maximum absolute atomic E-state index is 12.6. The quantitative estimate of drug-likeness (QED) is 0.747. The number of aryl methyl sites for hydroxylation is 1. The van der Waals surface area contributed by atoms with E-state index in [0.717, 1.165) is 23.2 Å². The lowest BCUT2D eigenvalue weighted by molar-refractivity contribution is -0.117. The van der Waals surface area contributed by atoms with Crippen molar-refractivity contribution in [3.05, 3.63) is 52.3 Å². The summed E-state index contributed by atoms with van der Waals surface area (Å²) in [6, 6.07) is 5.32. The van der Waals surface area contributed by atoms with Crippen molar-refractivity contribution in [1.82, 2.24) is 24.7 Å². The molecule has 146 valence electrons. The number of hydrogen-bond donors (Lipinski definition) is 1. The number of rotatable bonds is 4. The van der Waals surface area contributed by atoms with Gasteiger partial charge in [0.15, 0.2) is 0 Å². The van der Waals surface area contributed by atoms with Crippen LogP contribution >= 0.6 is 0 Å². The molecular formula is C20H24N6O2. The van der Waals surface area contributed by atoms with Gasteiger partial charge < -0.3 is 0 Å². The van der Waals surface area contributed by atoms with Crippen molar-refractivity contribution < 1.29 is 4.79 Å². The van der Waals surface area contributed by atoms with Gasteiger partial charge in [0.1, 0.15) is 6.54 Å². The van der Waals surface area contributed by atoms with E-state index in [4.69, 9.17) is 0 Å². The molecule has 0 spiro atoms. The monoisotopic (exact) mass is 380 g/mol. The molecule has 3 aromatic rings. The van der Waals surface area contributed by atoms with Crippen molar-refractivity contribution in [2.75, 3.05) is 5.32 Å². The van der Waals surface area contributed by atoms with Crippen LogP contribution in [-0.2, 0) is 11.3 Å². The average molecular weight is 380 g/mol. The van der Waals surface area contributed by atoms with Crippen LogP contribution in [0.3, 0.4) is 0 Å². The second-order valence-corrected chi connectivity index (χ2v) is 6.78. The summed E-state index contributed by atoms with van der Waals surface area (Å²) in [5, 5.41) is 7.26. The van der Waals surface area contributed by atoms with Crippen molar-refractivity contribution >= 4 is 22.8 Å². The maximum atomic E-state index is 12.6. The van der Waals surface area contributed by atoms with Crippen LogP contribution in [0.4, 0.5) is 5.95 Å². The zero-order valence-corrected chi connectivity index (χ0v) is 16.3. The van der Waals surface area contributed by atoms with E-state index in [1.54, 1.807) is 19.1 Å². The third-order valence-corrected chi connectivity index (χ3v) is 4.10. The number of pyridine rings is 1. The highest BCUT2D eigenvalue weighted by atomic mass is 16.2. The SMILES string of the molecule is CCC.Cc1nn(CC(=O)Nc2ncccn2)c(=O)c2ccc(C3CC3)nc12. The molecule has 0 unspecified atom stereocenters. The molecule has 1 fully saturated rings. The number of amides is 1. The van der Waals surface area contributed by atoms with Crippen LogP contribution < -0.4 is 10.9 Å². The highest BCUT2D eigenvalue weighted by Gasteiger charge is 2.25. The molecule has 4 rings (SSSR count). The summed E-state index contributed by atoms with van der Waals surface area (Å²) in [7, 11) is 0. The Labute approximate surface area is 163 Å². The zero-order valence-electron chi connectivity index (χ0n) is 16.3. The van der Waals surface area contributed by atoms with E-state index in [2.05, 4.69) is 39.2 Å². The largest absolute Gasteiger partial charge is 0.293 e. The van der Waals surface area contributed by atoms with Crippen molar-refractivity contribution in [1.29, 1.82) is 0 Å². The fourth-order valence-corrected chi connectivity index (χ4v) is 2.71. The van der Waals surface area contributed by atoms with Crippen LogP contribution in [0.1, 0.15) is 50.4 Å². The van der Waals surface area contributed by atoms with Gasteiger partial charge >= 0.3 is 0 Å². The van der Waals surface area contributed by atoms with Crippen LogP contribution in [0.25, 0.3) is 10.9 Å². The van der Waals surface area contributed by atoms with Crippen molar-refractivity contribution in [3.8, 4) is 0 Å². The Bertz CT molecular complexity index is 1030. The number of aromatic nitrogens is 5. The van der Waals surface area contributed by atoms with Gasteiger partial charge in [0, 0.05) is 24.0 Å². The van der Waals surface area contributed by atoms with E-state index in [1.165, 1.54) is 18.8 Å². The standard InChI is InChI=1S/C17H16N6O2.C3H8/c1-10-15-12(5-6-13(20-15)11-3-4-11)16(25)23(22-10)9-14(24)21-17-18-7-2-8-19-17;1-3-2/h2,5-8,11H,3-4,9H2,1H3,(H,18,19,21,24);3H2,1-2H3. The van der Waals surface area contributed by atoms with E-state index in [9.17, 15) is 9.59 Å². The van der Waals surface area contributed by atoms with Gasteiger partial charge in [0.05, 0.1) is 16.6 Å². The first-order valence-electron chi connectivity index (χ1n) is 9.48. The average Bonchev–Trinajstić information content (AvgIpc) is 3.52. The molecule has 0 saturated heterocycles. The zero-order chi connectivity index (χ0) is 20.1. The molecule has 0 bridgehead atoms. The Morgan fingerprint density at radius 1 is 1.21 bits per heavy atom. The van der Waals surface area contributed by atoms with Crippen LogP contribution in [0.15, 0.2) is 35.4 Å². The number of fused-ring (bicyclic) bond motifs is 1. The van der Waals surface area contributed by atoms with Gasteiger partial charge in [-0.2, -0.15) is 5.10 Å². The second-order valence-electron chi connectivity index (χ2n) is 6.78. The van der Waals surface area contributed by atoms with Gasteiger partial charge in [-0.15, -0.1) is 0 Å². The summed E-state index contributed by atoms with van der Waals surface area (Å²) < 4.78 is 1.15. The number of anilines is 1. The van der Waals surface area contributed by atoms with E-state index in [1.807, 2.05) is 6.07 Å². The molecule has 1 amide bonds. The molecule has 3 heterocycles. The Kier molecular flexibility index (Phi) is 6.08. The van der Waals surface area contributed by atoms with Crippen molar-refractivity contribution in [2.24, 2.45) is 0 Å². The fourth-order valence-electron chi connectivity index (χ4n) is 2.71. The highest BCUT2D eigenvalue weighted by Crippen LogP contribution is 2.39. The molecule has 0 atom stereocenters. The minimum atomic E-state index is -0.415. The first-order chi connectivity index (χ1) is 13.5. The van der Waals surface area contributed by atoms with Crippen LogP contribution in [-0.4, -0.2) is 30.6 Å². The number of hydrogen-bond acceptors (Lipinski definition) is 6. The maximum Gasteiger partial charge on any atom is 0.276 e. The van der Waals surface area contributed by atoms with Gasteiger partial charge in [0.2, 0.25) is 11.9 Å². The normalized spacial score (nSPS) is 13.0. The van der Waals surface area contributed by atoms with E-state index < -0.39 is 5.91 Å². The number of nitrogens with zero attached hydrogens (tertiary/aromatic N) is 5. The third kappa shape index (κ3) is 4.57. The minimum absolute atomic E-state index is 0.189. The van der Waals surface area contributed by atoms with Crippen molar-refractivity contribution in [3.63, 3.8) is 0 Å². The molecule has 8 heteroatoms. The van der Waals surface area contributed by atoms with Crippen LogP contribution in [0.2, 0.25) is 0 Å². The Hall–Kier alpha value is -3.16. The molecule has 28 heavy (non-hydrogen) atoms. The summed E-state index contributed by atoms with van der Waals surface area (Å²) in [5.74, 6) is 0.277. The number of carbonyl (C=O) groups is 1. The molecule has 3 aromatic heterocycles. The highest BCUT2D eigenvalue weighted by molar-refractivity contribution is 5.89. The first-order valence-corrected chi connectivity index (χ1v) is 9.48. The molecule has 1 saturated carbocycles. The predicted octanol–water partition coefficient (Wildman–Crippen LogP) is 2.82. The number of carbonyl (C=O) groups excluding carboxylic acids is 1. The Morgan fingerprint density at radius 3 is 2.54 bits per heavy atom. The molecule has 0 aliphatic heterocycles. The van der Waals surface area contributed by atoms with Crippen molar-refractivity contribution in [2.45, 2.75) is 52.5 Å². The lowest BCUT2D eigenvalue weighted by Gasteiger charge is -2.09. The third-order valence-electron chi connectivity index (χ3n) is 4.10. The molecule has 8 nitrogen and oxygen atoms in total. The molecular weight excluding hydrogens is 356 g/mol. The van der Waals surface area contributed by atoms with Crippen LogP contribution in [0.5, 0.6) is 0 Å². The lowest BCUT2D eigenvalue weighted by Crippen LogP contribution is -2.31. The van der Waals surface area contributed by atoms with E-state index in [0.29, 0.717) is 22.5 Å². The predicted molar refractivity (Wildman–Crippen MR) is 107 cm³/mol. The molecule has 1 N–H and O–H groups in total. The first kappa shape index (κ1) is 19.6. The molecule has 1 aliphatic carbocycles. The minimum Gasteiger partial charge on any atom is -0.293 e. The molecule has 0 radical (unpaired) electrons. The smallest absolute Gasteiger partial charge is 0.276 e. The molecule has 1 aliphatic rings. The summed E-state index contributed by atoms with van der Waals surface area (Å²) in [6.45, 7) is 5.83.